The molecule has 2 aromatic rings. The second kappa shape index (κ2) is 12.1. The van der Waals surface area contributed by atoms with Crippen LogP contribution in [-0.2, 0) is 16.6 Å². The van der Waals surface area contributed by atoms with Gasteiger partial charge in [-0.25, -0.2) is 0 Å². The summed E-state index contributed by atoms with van der Waals surface area (Å²) in [4.78, 5) is 20.5. The van der Waals surface area contributed by atoms with Gasteiger partial charge in [0, 0.05) is 50.7 Å². The number of hydrogen-bond acceptors (Lipinski definition) is 3. The Morgan fingerprint density at radius 1 is 0.971 bits per heavy atom. The second-order valence-corrected chi connectivity index (χ2v) is 11.4. The van der Waals surface area contributed by atoms with Gasteiger partial charge in [-0.15, -0.1) is 0 Å². The van der Waals surface area contributed by atoms with Gasteiger partial charge in [0.1, 0.15) is 0 Å². The molecule has 1 atom stereocenters. The third-order valence-electron chi connectivity index (χ3n) is 7.93. The van der Waals surface area contributed by atoms with Gasteiger partial charge in [0.25, 0.3) is 0 Å². The number of nitrogens with zero attached hydrogens (tertiary/aromatic N) is 3. The van der Waals surface area contributed by atoms with E-state index < -0.39 is 0 Å². The first kappa shape index (κ1) is 26.5. The summed E-state index contributed by atoms with van der Waals surface area (Å²) in [6.45, 7) is 11.8. The number of benzene rings is 2. The summed E-state index contributed by atoms with van der Waals surface area (Å²) in [6.07, 6.45) is 4.70. The molecule has 2 fully saturated rings. The molecule has 0 radical (unpaired) electrons. The lowest BCUT2D eigenvalue weighted by atomic mass is 9.71. The molecule has 35 heavy (non-hydrogen) atoms. The predicted molar refractivity (Wildman–Crippen MR) is 146 cm³/mol. The Kier molecular flexibility index (Phi) is 9.15. The molecule has 0 N–H and O–H groups in total. The monoisotopic (exact) mass is 515 g/mol. The molecule has 1 amide bonds. The average Bonchev–Trinajstić information content (AvgIpc) is 2.87. The molecule has 2 aliphatic rings. The molecule has 1 unspecified atom stereocenters. The molecule has 2 aromatic carbocycles. The van der Waals surface area contributed by atoms with Crippen LogP contribution in [0.3, 0.4) is 0 Å². The highest BCUT2D eigenvalue weighted by atomic mass is 35.5. The SMILES string of the molecule is CC(C)N1CCN(CCCC2(c3ccc(Cl)c(Cl)c3)CCCN(C(=O)Cc3ccccc3)C2)CC1. The molecule has 0 aliphatic carbocycles. The first-order chi connectivity index (χ1) is 16.9. The van der Waals surface area contributed by atoms with E-state index in [1.54, 1.807) is 0 Å². The zero-order valence-electron chi connectivity index (χ0n) is 21.2. The fourth-order valence-corrected chi connectivity index (χ4v) is 6.08. The van der Waals surface area contributed by atoms with Gasteiger partial charge in [-0.05, 0) is 69.3 Å². The Labute approximate surface area is 221 Å². The van der Waals surface area contributed by atoms with E-state index in [4.69, 9.17) is 23.2 Å². The molecule has 4 nitrogen and oxygen atoms in total. The van der Waals surface area contributed by atoms with Crippen molar-refractivity contribution in [2.75, 3.05) is 45.8 Å². The maximum Gasteiger partial charge on any atom is 0.227 e. The van der Waals surface area contributed by atoms with Crippen LogP contribution in [0.4, 0.5) is 0 Å². The summed E-state index contributed by atoms with van der Waals surface area (Å²) in [5, 5.41) is 1.18. The standard InChI is InChI=1S/C29H39Cl2N3O/c1-23(2)33-18-16-32(17-19-33)14-6-12-29(25-10-11-26(30)27(31)21-25)13-7-15-34(22-29)28(35)20-24-8-4-3-5-9-24/h3-5,8-11,21,23H,6-7,12-20,22H2,1-2H3. The van der Waals surface area contributed by atoms with E-state index >= 15 is 0 Å². The van der Waals surface area contributed by atoms with Crippen LogP contribution in [0.15, 0.2) is 48.5 Å². The van der Waals surface area contributed by atoms with Crippen LogP contribution in [0.25, 0.3) is 0 Å². The molecule has 4 rings (SSSR count). The summed E-state index contributed by atoms with van der Waals surface area (Å²) < 4.78 is 0. The molecule has 2 saturated heterocycles. The molecule has 6 heteroatoms. The van der Waals surface area contributed by atoms with E-state index in [1.165, 1.54) is 5.56 Å². The zero-order chi connectivity index (χ0) is 24.8. The number of rotatable bonds is 8. The molecule has 190 valence electrons. The fourth-order valence-electron chi connectivity index (χ4n) is 5.78. The highest BCUT2D eigenvalue weighted by Gasteiger charge is 2.38. The number of carbonyl (C=O) groups excluding carboxylic acids is 1. The van der Waals surface area contributed by atoms with E-state index in [1.807, 2.05) is 42.5 Å². The molecular formula is C29H39Cl2N3O. The summed E-state index contributed by atoms with van der Waals surface area (Å²) >= 11 is 12.7. The van der Waals surface area contributed by atoms with Crippen LogP contribution in [-0.4, -0.2) is 72.5 Å². The van der Waals surface area contributed by atoms with Crippen molar-refractivity contribution in [3.8, 4) is 0 Å². The van der Waals surface area contributed by atoms with Crippen molar-refractivity contribution in [1.82, 2.24) is 14.7 Å². The lowest BCUT2D eigenvalue weighted by Gasteiger charge is -2.44. The third kappa shape index (κ3) is 6.80. The third-order valence-corrected chi connectivity index (χ3v) is 8.67. The van der Waals surface area contributed by atoms with Crippen molar-refractivity contribution in [3.63, 3.8) is 0 Å². The summed E-state index contributed by atoms with van der Waals surface area (Å²) in [6, 6.07) is 16.8. The van der Waals surface area contributed by atoms with Gasteiger partial charge < -0.3 is 9.80 Å². The van der Waals surface area contributed by atoms with Gasteiger partial charge in [0.05, 0.1) is 16.5 Å². The molecule has 0 bridgehead atoms. The predicted octanol–water partition coefficient (Wildman–Crippen LogP) is 5.90. The minimum Gasteiger partial charge on any atom is -0.342 e. The van der Waals surface area contributed by atoms with Crippen molar-refractivity contribution in [2.45, 2.75) is 57.4 Å². The Morgan fingerprint density at radius 2 is 1.71 bits per heavy atom. The van der Waals surface area contributed by atoms with Crippen molar-refractivity contribution >= 4 is 29.1 Å². The quantitative estimate of drug-likeness (QED) is 0.437. The Bertz CT molecular complexity index is 975. The number of likely N-dealkylation sites (tertiary alicyclic amines) is 1. The van der Waals surface area contributed by atoms with Gasteiger partial charge in [0.15, 0.2) is 0 Å². The molecule has 0 saturated carbocycles. The van der Waals surface area contributed by atoms with Crippen LogP contribution in [0, 0.1) is 0 Å². The second-order valence-electron chi connectivity index (χ2n) is 10.6. The van der Waals surface area contributed by atoms with Crippen molar-refractivity contribution in [3.05, 3.63) is 69.7 Å². The number of carbonyl (C=O) groups is 1. The van der Waals surface area contributed by atoms with Crippen LogP contribution >= 0.6 is 23.2 Å². The van der Waals surface area contributed by atoms with E-state index in [9.17, 15) is 4.79 Å². The maximum atomic E-state index is 13.3. The smallest absolute Gasteiger partial charge is 0.227 e. The minimum absolute atomic E-state index is 0.0847. The van der Waals surface area contributed by atoms with E-state index in [2.05, 4.69) is 34.6 Å². The molecule has 0 aromatic heterocycles. The summed E-state index contributed by atoms with van der Waals surface area (Å²) in [5.74, 6) is 0.213. The number of piperidine rings is 1. The molecule has 0 spiro atoms. The van der Waals surface area contributed by atoms with Gasteiger partial charge >= 0.3 is 0 Å². The zero-order valence-corrected chi connectivity index (χ0v) is 22.7. The maximum absolute atomic E-state index is 13.3. The largest absolute Gasteiger partial charge is 0.342 e. The van der Waals surface area contributed by atoms with Crippen LogP contribution in [0.1, 0.15) is 50.7 Å². The van der Waals surface area contributed by atoms with Crippen LogP contribution < -0.4 is 0 Å². The summed E-state index contributed by atoms with van der Waals surface area (Å²) in [7, 11) is 0. The molecule has 2 heterocycles. The molecule has 2 aliphatic heterocycles. The van der Waals surface area contributed by atoms with Gasteiger partial charge in [-0.3, -0.25) is 9.69 Å². The normalized spacial score (nSPS) is 22.0. The number of halogens is 2. The number of hydrogen-bond donors (Lipinski definition) is 0. The van der Waals surface area contributed by atoms with Crippen molar-refractivity contribution in [2.24, 2.45) is 0 Å². The average molecular weight is 517 g/mol. The Morgan fingerprint density at radius 3 is 2.40 bits per heavy atom. The topological polar surface area (TPSA) is 26.8 Å². The Hall–Kier alpha value is -1.59. The minimum atomic E-state index is -0.0847. The van der Waals surface area contributed by atoms with Gasteiger partial charge in [0.2, 0.25) is 5.91 Å². The van der Waals surface area contributed by atoms with Crippen LogP contribution in [0.5, 0.6) is 0 Å². The van der Waals surface area contributed by atoms with E-state index in [0.29, 0.717) is 22.5 Å². The lowest BCUT2D eigenvalue weighted by Crippen LogP contribution is -2.50. The summed E-state index contributed by atoms with van der Waals surface area (Å²) in [5.41, 5.74) is 2.20. The van der Waals surface area contributed by atoms with E-state index in [0.717, 1.165) is 77.1 Å². The highest BCUT2D eigenvalue weighted by Crippen LogP contribution is 2.40. The highest BCUT2D eigenvalue weighted by molar-refractivity contribution is 6.42. The van der Waals surface area contributed by atoms with Crippen LogP contribution in [0.2, 0.25) is 10.0 Å². The van der Waals surface area contributed by atoms with Crippen molar-refractivity contribution < 1.29 is 4.79 Å². The van der Waals surface area contributed by atoms with Gasteiger partial charge in [-0.1, -0.05) is 59.6 Å². The van der Waals surface area contributed by atoms with Gasteiger partial charge in [-0.2, -0.15) is 0 Å². The Balaban J connectivity index is 1.45. The molecular weight excluding hydrogens is 477 g/mol. The van der Waals surface area contributed by atoms with Crippen molar-refractivity contribution in [1.29, 1.82) is 0 Å². The fraction of sp³-hybridized carbons (Fsp3) is 0.552. The lowest BCUT2D eigenvalue weighted by molar-refractivity contribution is -0.132. The van der Waals surface area contributed by atoms with E-state index in [-0.39, 0.29) is 11.3 Å². The first-order valence-corrected chi connectivity index (χ1v) is 13.9. The number of piperazine rings is 1. The number of amides is 1. The first-order valence-electron chi connectivity index (χ1n) is 13.1.